The van der Waals surface area contributed by atoms with Gasteiger partial charge in [-0.05, 0) is 18.4 Å². The van der Waals surface area contributed by atoms with E-state index in [0.29, 0.717) is 12.6 Å². The fraction of sp³-hybridized carbons (Fsp3) is 0.429. The van der Waals surface area contributed by atoms with Gasteiger partial charge in [-0.2, -0.15) is 5.26 Å². The first-order valence-electron chi connectivity index (χ1n) is 6.24. The van der Waals surface area contributed by atoms with Crippen molar-refractivity contribution in [1.82, 2.24) is 10.6 Å². The average molecular weight is 243 g/mol. The Balaban J connectivity index is 1.75. The van der Waals surface area contributed by atoms with Gasteiger partial charge in [-0.15, -0.1) is 0 Å². The number of amides is 1. The van der Waals surface area contributed by atoms with Crippen LogP contribution in [0, 0.1) is 11.3 Å². The van der Waals surface area contributed by atoms with Gasteiger partial charge >= 0.3 is 0 Å². The number of nitriles is 1. The maximum Gasteiger partial charge on any atom is 0.222 e. The molecule has 94 valence electrons. The van der Waals surface area contributed by atoms with E-state index >= 15 is 0 Å². The quantitative estimate of drug-likeness (QED) is 0.792. The minimum absolute atomic E-state index is 0.0374. The highest BCUT2D eigenvalue weighted by Gasteiger charge is 2.24. The normalized spacial score (nSPS) is 15.7. The van der Waals surface area contributed by atoms with Crippen molar-refractivity contribution in [2.45, 2.75) is 37.9 Å². The van der Waals surface area contributed by atoms with Gasteiger partial charge in [0.2, 0.25) is 5.91 Å². The molecule has 2 N–H and O–H groups in total. The van der Waals surface area contributed by atoms with Crippen molar-refractivity contribution in [3.05, 3.63) is 35.9 Å². The zero-order valence-corrected chi connectivity index (χ0v) is 10.2. The van der Waals surface area contributed by atoms with Crippen LogP contribution in [0.25, 0.3) is 0 Å². The summed E-state index contributed by atoms with van der Waals surface area (Å²) in [5, 5.41) is 15.0. The first-order valence-corrected chi connectivity index (χ1v) is 6.24. The number of hydrogen-bond acceptors (Lipinski definition) is 3. The maximum absolute atomic E-state index is 11.6. The molecule has 4 nitrogen and oxygen atoms in total. The topological polar surface area (TPSA) is 64.9 Å². The molecule has 1 aromatic carbocycles. The Bertz CT molecular complexity index is 434. The fourth-order valence-corrected chi connectivity index (χ4v) is 1.70. The SMILES string of the molecule is N#CC(CC(=O)NC1CC1)NCc1ccccc1. The van der Waals surface area contributed by atoms with Gasteiger partial charge in [0, 0.05) is 12.6 Å². The number of nitrogens with one attached hydrogen (secondary N) is 2. The zero-order chi connectivity index (χ0) is 12.8. The largest absolute Gasteiger partial charge is 0.353 e. The molecule has 1 saturated carbocycles. The zero-order valence-electron chi connectivity index (χ0n) is 10.2. The Morgan fingerprint density at radius 2 is 2.11 bits per heavy atom. The predicted octanol–water partition coefficient (Wildman–Crippen LogP) is 1.34. The van der Waals surface area contributed by atoms with Crippen LogP contribution >= 0.6 is 0 Å². The van der Waals surface area contributed by atoms with E-state index in [2.05, 4.69) is 16.7 Å². The number of hydrogen-bond donors (Lipinski definition) is 2. The van der Waals surface area contributed by atoms with Gasteiger partial charge in [0.25, 0.3) is 0 Å². The Labute approximate surface area is 107 Å². The molecule has 1 atom stereocenters. The number of benzene rings is 1. The summed E-state index contributed by atoms with van der Waals surface area (Å²) in [6.45, 7) is 0.607. The van der Waals surface area contributed by atoms with Crippen LogP contribution in [0.1, 0.15) is 24.8 Å². The molecule has 0 aliphatic heterocycles. The highest BCUT2D eigenvalue weighted by Crippen LogP contribution is 2.18. The Hall–Kier alpha value is -1.86. The Kier molecular flexibility index (Phi) is 4.32. The summed E-state index contributed by atoms with van der Waals surface area (Å²) in [4.78, 5) is 11.6. The van der Waals surface area contributed by atoms with Crippen LogP contribution in [-0.2, 0) is 11.3 Å². The van der Waals surface area contributed by atoms with Gasteiger partial charge in [-0.25, -0.2) is 0 Å². The molecule has 2 rings (SSSR count). The van der Waals surface area contributed by atoms with E-state index in [9.17, 15) is 4.79 Å². The monoisotopic (exact) mass is 243 g/mol. The summed E-state index contributed by atoms with van der Waals surface area (Å²) >= 11 is 0. The van der Waals surface area contributed by atoms with Crippen LogP contribution in [0.3, 0.4) is 0 Å². The predicted molar refractivity (Wildman–Crippen MR) is 68.5 cm³/mol. The smallest absolute Gasteiger partial charge is 0.222 e. The second kappa shape index (κ2) is 6.18. The number of carbonyl (C=O) groups excluding carboxylic acids is 1. The first kappa shape index (κ1) is 12.6. The lowest BCUT2D eigenvalue weighted by Crippen LogP contribution is -2.35. The molecular weight excluding hydrogens is 226 g/mol. The molecule has 1 aliphatic carbocycles. The van der Waals surface area contributed by atoms with Crippen LogP contribution in [-0.4, -0.2) is 18.0 Å². The van der Waals surface area contributed by atoms with Crippen molar-refractivity contribution >= 4 is 5.91 Å². The van der Waals surface area contributed by atoms with Crippen LogP contribution in [0.5, 0.6) is 0 Å². The van der Waals surface area contributed by atoms with Gasteiger partial charge in [-0.3, -0.25) is 10.1 Å². The third-order valence-electron chi connectivity index (χ3n) is 2.88. The van der Waals surface area contributed by atoms with E-state index in [4.69, 9.17) is 5.26 Å². The minimum atomic E-state index is -0.427. The highest BCUT2D eigenvalue weighted by molar-refractivity contribution is 5.77. The van der Waals surface area contributed by atoms with Crippen LogP contribution in [0.15, 0.2) is 30.3 Å². The lowest BCUT2D eigenvalue weighted by Gasteiger charge is -2.11. The highest BCUT2D eigenvalue weighted by atomic mass is 16.1. The molecule has 18 heavy (non-hydrogen) atoms. The van der Waals surface area contributed by atoms with Crippen molar-refractivity contribution in [1.29, 1.82) is 5.26 Å². The second-order valence-corrected chi connectivity index (χ2v) is 4.59. The van der Waals surface area contributed by atoms with Crippen molar-refractivity contribution in [3.8, 4) is 6.07 Å². The average Bonchev–Trinajstić information content (AvgIpc) is 3.19. The van der Waals surface area contributed by atoms with Crippen LogP contribution < -0.4 is 10.6 Å². The Morgan fingerprint density at radius 1 is 1.39 bits per heavy atom. The molecule has 1 unspecified atom stereocenters. The fourth-order valence-electron chi connectivity index (χ4n) is 1.70. The molecule has 1 aliphatic rings. The third kappa shape index (κ3) is 4.19. The standard InChI is InChI=1S/C14H17N3O/c15-9-13(8-14(18)17-12-6-7-12)16-10-11-4-2-1-3-5-11/h1-5,12-13,16H,6-8,10H2,(H,17,18). The molecule has 0 spiro atoms. The van der Waals surface area contributed by atoms with Crippen molar-refractivity contribution in [3.63, 3.8) is 0 Å². The Morgan fingerprint density at radius 3 is 2.72 bits per heavy atom. The third-order valence-corrected chi connectivity index (χ3v) is 2.88. The van der Waals surface area contributed by atoms with E-state index in [0.717, 1.165) is 18.4 Å². The van der Waals surface area contributed by atoms with E-state index in [1.165, 1.54) is 0 Å². The second-order valence-electron chi connectivity index (χ2n) is 4.59. The first-order chi connectivity index (χ1) is 8.78. The molecule has 0 saturated heterocycles. The summed E-state index contributed by atoms with van der Waals surface area (Å²) in [6, 6.07) is 11.9. The van der Waals surface area contributed by atoms with E-state index < -0.39 is 6.04 Å². The lowest BCUT2D eigenvalue weighted by molar-refractivity contribution is -0.121. The minimum Gasteiger partial charge on any atom is -0.353 e. The summed E-state index contributed by atoms with van der Waals surface area (Å²) in [5.74, 6) is -0.0374. The summed E-state index contributed by atoms with van der Waals surface area (Å²) in [6.07, 6.45) is 2.36. The molecule has 0 radical (unpaired) electrons. The molecule has 1 aromatic rings. The van der Waals surface area contributed by atoms with Crippen molar-refractivity contribution in [2.75, 3.05) is 0 Å². The van der Waals surface area contributed by atoms with Gasteiger partial charge in [0.05, 0.1) is 12.5 Å². The van der Waals surface area contributed by atoms with Gasteiger partial charge < -0.3 is 5.32 Å². The van der Waals surface area contributed by atoms with Crippen molar-refractivity contribution in [2.24, 2.45) is 0 Å². The van der Waals surface area contributed by atoms with Gasteiger partial charge in [0.15, 0.2) is 0 Å². The molecule has 0 bridgehead atoms. The van der Waals surface area contributed by atoms with Crippen LogP contribution in [0.4, 0.5) is 0 Å². The maximum atomic E-state index is 11.6. The lowest BCUT2D eigenvalue weighted by atomic mass is 10.2. The van der Waals surface area contributed by atoms with E-state index in [1.54, 1.807) is 0 Å². The summed E-state index contributed by atoms with van der Waals surface area (Å²) in [7, 11) is 0. The molecule has 0 heterocycles. The molecular formula is C14H17N3O. The van der Waals surface area contributed by atoms with Crippen LogP contribution in [0.2, 0.25) is 0 Å². The number of carbonyl (C=O) groups is 1. The van der Waals surface area contributed by atoms with E-state index in [1.807, 2.05) is 30.3 Å². The number of nitrogens with zero attached hydrogens (tertiary/aromatic N) is 1. The van der Waals surface area contributed by atoms with E-state index in [-0.39, 0.29) is 12.3 Å². The molecule has 0 aromatic heterocycles. The summed E-state index contributed by atoms with van der Waals surface area (Å²) in [5.41, 5.74) is 1.11. The number of rotatable bonds is 6. The summed E-state index contributed by atoms with van der Waals surface area (Å²) < 4.78 is 0. The van der Waals surface area contributed by atoms with Gasteiger partial charge in [0.1, 0.15) is 6.04 Å². The molecule has 1 amide bonds. The molecule has 4 heteroatoms. The van der Waals surface area contributed by atoms with Gasteiger partial charge in [-0.1, -0.05) is 30.3 Å². The van der Waals surface area contributed by atoms with Crippen molar-refractivity contribution < 1.29 is 4.79 Å². The molecule has 1 fully saturated rings.